The van der Waals surface area contributed by atoms with E-state index in [0.717, 1.165) is 21.9 Å². The van der Waals surface area contributed by atoms with E-state index >= 15 is 0 Å². The molecular weight excluding hydrogens is 601 g/mol. The van der Waals surface area contributed by atoms with Crippen LogP contribution in [0.5, 0.6) is 0 Å². The lowest BCUT2D eigenvalue weighted by atomic mass is 9.99. The Labute approximate surface area is 283 Å². The van der Waals surface area contributed by atoms with Gasteiger partial charge in [0.15, 0.2) is 0 Å². The smallest absolute Gasteiger partial charge is 0.124 e. The number of fused-ring (bicyclic) bond motifs is 4. The van der Waals surface area contributed by atoms with Crippen LogP contribution in [0.25, 0.3) is 64.5 Å². The van der Waals surface area contributed by atoms with Crippen LogP contribution in [-0.2, 0) is 0 Å². The Morgan fingerprint density at radius 2 is 1.00 bits per heavy atom. The lowest BCUT2D eigenvalue weighted by Gasteiger charge is -2.26. The van der Waals surface area contributed by atoms with Crippen molar-refractivity contribution in [2.24, 2.45) is 0 Å². The largest absolute Gasteiger partial charge is 0.311 e. The second kappa shape index (κ2) is 12.0. The first-order valence-corrected chi connectivity index (χ1v) is 17.0. The number of hydrogen-bond acceptors (Lipinski definition) is 3. The molecule has 9 rings (SSSR count). The Balaban J connectivity index is 1.11. The third-order valence-electron chi connectivity index (χ3n) is 9.15. The molecule has 7 aromatic carbocycles. The Hall–Kier alpha value is -6.03. The van der Waals surface area contributed by atoms with E-state index in [2.05, 4.69) is 180 Å². The molecule has 0 N–H and O–H groups in total. The first-order chi connectivity index (χ1) is 23.8. The lowest BCUT2D eigenvalue weighted by Crippen LogP contribution is -2.09. The average molecular weight is 631 g/mol. The van der Waals surface area contributed by atoms with Gasteiger partial charge in [0.2, 0.25) is 0 Å². The summed E-state index contributed by atoms with van der Waals surface area (Å²) in [6.45, 7) is 0. The first kappa shape index (κ1) is 28.2. The second-order valence-electron chi connectivity index (χ2n) is 12.0. The third-order valence-corrected chi connectivity index (χ3v) is 10.2. The minimum Gasteiger partial charge on any atom is -0.311 e. The molecule has 9 aromatic rings. The molecule has 226 valence electrons. The van der Waals surface area contributed by atoms with Crippen molar-refractivity contribution in [3.05, 3.63) is 182 Å². The topological polar surface area (TPSA) is 16.1 Å². The van der Waals surface area contributed by atoms with Crippen molar-refractivity contribution in [2.75, 3.05) is 4.90 Å². The van der Waals surface area contributed by atoms with Crippen LogP contribution in [0.15, 0.2) is 182 Å². The van der Waals surface area contributed by atoms with Crippen LogP contribution in [0.2, 0.25) is 0 Å². The first-order valence-electron chi connectivity index (χ1n) is 16.2. The molecule has 0 spiro atoms. The number of pyridine rings is 1. The van der Waals surface area contributed by atoms with Crippen molar-refractivity contribution >= 4 is 59.5 Å². The highest BCUT2D eigenvalue weighted by atomic mass is 32.1. The normalized spacial score (nSPS) is 11.3. The molecule has 0 fully saturated rings. The number of aromatic nitrogens is 1. The van der Waals surface area contributed by atoms with Crippen LogP contribution in [0.4, 0.5) is 17.1 Å². The third kappa shape index (κ3) is 5.11. The molecular formula is C45H30N2S. The van der Waals surface area contributed by atoms with E-state index in [0.29, 0.717) is 0 Å². The van der Waals surface area contributed by atoms with Crippen molar-refractivity contribution in [1.29, 1.82) is 0 Å². The van der Waals surface area contributed by atoms with Gasteiger partial charge in [0.05, 0.1) is 0 Å². The molecule has 0 saturated carbocycles. The summed E-state index contributed by atoms with van der Waals surface area (Å²) in [4.78, 5) is 8.05. The highest BCUT2D eigenvalue weighted by Gasteiger charge is 2.16. The van der Waals surface area contributed by atoms with E-state index in [4.69, 9.17) is 0 Å². The van der Waals surface area contributed by atoms with Gasteiger partial charge < -0.3 is 4.90 Å². The SMILES string of the molecule is c1ccc(-c2ccc(N(c3ccc(-c4ccc5ccccc5c4)cc3)c3ccc(-c4cccc5sc6ncccc6c45)cc3)cc2)cc1. The van der Waals surface area contributed by atoms with Crippen molar-refractivity contribution in [1.82, 2.24) is 4.98 Å². The molecule has 0 aliphatic carbocycles. The summed E-state index contributed by atoms with van der Waals surface area (Å²) in [6.07, 6.45) is 1.88. The quantitative estimate of drug-likeness (QED) is 0.182. The van der Waals surface area contributed by atoms with Crippen LogP contribution in [0.3, 0.4) is 0 Å². The number of nitrogens with zero attached hydrogens (tertiary/aromatic N) is 2. The Bertz CT molecular complexity index is 2530. The monoisotopic (exact) mass is 630 g/mol. The minimum atomic E-state index is 1.08. The molecule has 2 heterocycles. The summed E-state index contributed by atoms with van der Waals surface area (Å²) >= 11 is 1.75. The van der Waals surface area contributed by atoms with E-state index in [1.54, 1.807) is 11.3 Å². The molecule has 0 radical (unpaired) electrons. The maximum absolute atomic E-state index is 4.63. The second-order valence-corrected chi connectivity index (χ2v) is 13.1. The van der Waals surface area contributed by atoms with Gasteiger partial charge >= 0.3 is 0 Å². The van der Waals surface area contributed by atoms with Crippen molar-refractivity contribution in [3.63, 3.8) is 0 Å². The molecule has 48 heavy (non-hydrogen) atoms. The highest BCUT2D eigenvalue weighted by molar-refractivity contribution is 7.25. The van der Waals surface area contributed by atoms with E-state index < -0.39 is 0 Å². The molecule has 0 bridgehead atoms. The van der Waals surface area contributed by atoms with Gasteiger partial charge in [0.1, 0.15) is 4.83 Å². The van der Waals surface area contributed by atoms with Gasteiger partial charge in [-0.1, -0.05) is 115 Å². The fourth-order valence-corrected chi connectivity index (χ4v) is 7.81. The van der Waals surface area contributed by atoms with Gasteiger partial charge in [-0.2, -0.15) is 0 Å². The summed E-state index contributed by atoms with van der Waals surface area (Å²) in [5, 5.41) is 4.99. The molecule has 2 aromatic heterocycles. The van der Waals surface area contributed by atoms with Gasteiger partial charge in [0, 0.05) is 38.7 Å². The van der Waals surface area contributed by atoms with Crippen molar-refractivity contribution in [3.8, 4) is 33.4 Å². The maximum atomic E-state index is 4.63. The zero-order valence-corrected chi connectivity index (χ0v) is 26.9. The Morgan fingerprint density at radius 3 is 1.71 bits per heavy atom. The number of hydrogen-bond donors (Lipinski definition) is 0. The van der Waals surface area contributed by atoms with Crippen molar-refractivity contribution < 1.29 is 0 Å². The standard InChI is InChI=1S/C45H30N2S/c1-2-8-31(9-3-1)33-17-23-38(24-18-33)47(39-25-19-34(20-26-39)37-16-15-32-10-4-5-11-36(32)30-37)40-27-21-35(22-28-40)41-12-6-14-43-44(41)42-13-7-29-46-45(42)48-43/h1-30H. The van der Waals surface area contributed by atoms with E-state index in [1.807, 2.05) is 12.3 Å². The van der Waals surface area contributed by atoms with E-state index in [1.165, 1.54) is 59.6 Å². The number of benzene rings is 7. The van der Waals surface area contributed by atoms with Crippen LogP contribution in [-0.4, -0.2) is 4.98 Å². The summed E-state index contributed by atoms with van der Waals surface area (Å²) in [7, 11) is 0. The van der Waals surface area contributed by atoms with Crippen LogP contribution >= 0.6 is 11.3 Å². The van der Waals surface area contributed by atoms with Gasteiger partial charge in [-0.05, 0) is 105 Å². The number of thiophene rings is 1. The summed E-state index contributed by atoms with van der Waals surface area (Å²) in [5.74, 6) is 0. The molecule has 0 unspecified atom stereocenters. The molecule has 0 amide bonds. The van der Waals surface area contributed by atoms with Gasteiger partial charge in [0.25, 0.3) is 0 Å². The fourth-order valence-electron chi connectivity index (χ4n) is 6.74. The van der Waals surface area contributed by atoms with E-state index in [9.17, 15) is 0 Å². The van der Waals surface area contributed by atoms with Gasteiger partial charge in [-0.3, -0.25) is 0 Å². The predicted octanol–water partition coefficient (Wildman–Crippen LogP) is 13.1. The summed E-state index contributed by atoms with van der Waals surface area (Å²) in [6, 6.07) is 63.3. The fraction of sp³-hybridized carbons (Fsp3) is 0. The molecule has 0 atom stereocenters. The van der Waals surface area contributed by atoms with Crippen LogP contribution in [0.1, 0.15) is 0 Å². The average Bonchev–Trinajstić information content (AvgIpc) is 3.55. The number of rotatable bonds is 6. The van der Waals surface area contributed by atoms with Gasteiger partial charge in [-0.25, -0.2) is 4.98 Å². The zero-order valence-electron chi connectivity index (χ0n) is 26.1. The van der Waals surface area contributed by atoms with Gasteiger partial charge in [-0.15, -0.1) is 11.3 Å². The predicted molar refractivity (Wildman–Crippen MR) is 206 cm³/mol. The maximum Gasteiger partial charge on any atom is 0.124 e. The molecule has 3 heteroatoms. The zero-order chi connectivity index (χ0) is 31.9. The van der Waals surface area contributed by atoms with Crippen LogP contribution < -0.4 is 4.90 Å². The molecule has 0 aliphatic rings. The van der Waals surface area contributed by atoms with E-state index in [-0.39, 0.29) is 0 Å². The number of anilines is 3. The Morgan fingerprint density at radius 1 is 0.417 bits per heavy atom. The molecule has 0 saturated heterocycles. The highest BCUT2D eigenvalue weighted by Crippen LogP contribution is 2.41. The lowest BCUT2D eigenvalue weighted by molar-refractivity contribution is 1.28. The summed E-state index contributed by atoms with van der Waals surface area (Å²) < 4.78 is 1.26. The van der Waals surface area contributed by atoms with Crippen LogP contribution in [0, 0.1) is 0 Å². The Kier molecular flexibility index (Phi) is 7.03. The molecule has 0 aliphatic heterocycles. The summed E-state index contributed by atoms with van der Waals surface area (Å²) in [5.41, 5.74) is 10.6. The van der Waals surface area contributed by atoms with Crippen molar-refractivity contribution in [2.45, 2.75) is 0 Å². The molecule has 2 nitrogen and oxygen atoms in total. The minimum absolute atomic E-state index is 1.08.